The van der Waals surface area contributed by atoms with Gasteiger partial charge in [-0.25, -0.2) is 9.59 Å². The number of ether oxygens (including phenoxy) is 1. The Morgan fingerprint density at radius 2 is 1.91 bits per heavy atom. The van der Waals surface area contributed by atoms with Gasteiger partial charge < -0.3 is 14.7 Å². The maximum absolute atomic E-state index is 12.0. The average Bonchev–Trinajstić information content (AvgIpc) is 2.86. The number of hydrogen-bond donors (Lipinski definition) is 1. The van der Waals surface area contributed by atoms with Gasteiger partial charge in [-0.05, 0) is 37.8 Å². The SMILES string of the molecule is CC(C)(C)OC(=O)N1CCN(Cc2ccsc2C(=O)O)CC1. The van der Waals surface area contributed by atoms with Crippen molar-refractivity contribution in [3.05, 3.63) is 21.9 Å². The van der Waals surface area contributed by atoms with Crippen molar-refractivity contribution < 1.29 is 19.4 Å². The van der Waals surface area contributed by atoms with Crippen LogP contribution in [0.5, 0.6) is 0 Å². The number of piperazine rings is 1. The van der Waals surface area contributed by atoms with E-state index in [1.807, 2.05) is 26.8 Å². The third kappa shape index (κ3) is 4.45. The highest BCUT2D eigenvalue weighted by atomic mass is 32.1. The van der Waals surface area contributed by atoms with Crippen LogP contribution in [0, 0.1) is 0 Å². The van der Waals surface area contributed by atoms with Crippen molar-refractivity contribution in [1.29, 1.82) is 0 Å². The fourth-order valence-corrected chi connectivity index (χ4v) is 3.06. The van der Waals surface area contributed by atoms with Crippen LogP contribution in [-0.2, 0) is 11.3 Å². The van der Waals surface area contributed by atoms with Gasteiger partial charge >= 0.3 is 12.1 Å². The highest BCUT2D eigenvalue weighted by Crippen LogP contribution is 2.20. The number of carboxylic acid groups (broad SMARTS) is 1. The largest absolute Gasteiger partial charge is 0.477 e. The number of carbonyl (C=O) groups excluding carboxylic acids is 1. The lowest BCUT2D eigenvalue weighted by molar-refractivity contribution is 0.0139. The molecule has 1 saturated heterocycles. The molecule has 7 heteroatoms. The van der Waals surface area contributed by atoms with E-state index in [1.165, 1.54) is 11.3 Å². The number of aromatic carboxylic acids is 1. The van der Waals surface area contributed by atoms with E-state index in [0.29, 0.717) is 37.6 Å². The highest BCUT2D eigenvalue weighted by molar-refractivity contribution is 7.12. The number of nitrogens with zero attached hydrogens (tertiary/aromatic N) is 2. The molecule has 2 rings (SSSR count). The second kappa shape index (κ2) is 6.66. The van der Waals surface area contributed by atoms with E-state index in [9.17, 15) is 9.59 Å². The molecule has 2 heterocycles. The number of carbonyl (C=O) groups is 2. The van der Waals surface area contributed by atoms with E-state index in [4.69, 9.17) is 9.84 Å². The molecule has 0 radical (unpaired) electrons. The fraction of sp³-hybridized carbons (Fsp3) is 0.600. The van der Waals surface area contributed by atoms with Gasteiger partial charge in [0.2, 0.25) is 0 Å². The Balaban J connectivity index is 1.86. The molecule has 122 valence electrons. The summed E-state index contributed by atoms with van der Waals surface area (Å²) in [5, 5.41) is 10.9. The van der Waals surface area contributed by atoms with Crippen molar-refractivity contribution in [2.24, 2.45) is 0 Å². The van der Waals surface area contributed by atoms with Gasteiger partial charge in [0.15, 0.2) is 0 Å². The summed E-state index contributed by atoms with van der Waals surface area (Å²) in [6.45, 7) is 8.79. The van der Waals surface area contributed by atoms with E-state index in [1.54, 1.807) is 10.3 Å². The van der Waals surface area contributed by atoms with E-state index < -0.39 is 11.6 Å². The van der Waals surface area contributed by atoms with E-state index in [2.05, 4.69) is 4.90 Å². The van der Waals surface area contributed by atoms with Gasteiger partial charge in [0.05, 0.1) is 0 Å². The van der Waals surface area contributed by atoms with Gasteiger partial charge in [-0.3, -0.25) is 4.90 Å². The Hall–Kier alpha value is -1.60. The number of rotatable bonds is 3. The zero-order chi connectivity index (χ0) is 16.3. The summed E-state index contributed by atoms with van der Waals surface area (Å²) in [7, 11) is 0. The van der Waals surface area contributed by atoms with Crippen LogP contribution in [0.15, 0.2) is 11.4 Å². The van der Waals surface area contributed by atoms with Gasteiger partial charge in [-0.15, -0.1) is 11.3 Å². The highest BCUT2D eigenvalue weighted by Gasteiger charge is 2.26. The van der Waals surface area contributed by atoms with Gasteiger partial charge in [-0.1, -0.05) is 0 Å². The molecule has 1 amide bonds. The predicted octanol–water partition coefficient (Wildman–Crippen LogP) is 2.50. The summed E-state index contributed by atoms with van der Waals surface area (Å²) >= 11 is 1.25. The third-order valence-corrected chi connectivity index (χ3v) is 4.30. The van der Waals surface area contributed by atoms with Crippen molar-refractivity contribution >= 4 is 23.4 Å². The first-order valence-electron chi connectivity index (χ1n) is 7.26. The molecule has 0 aromatic carbocycles. The van der Waals surface area contributed by atoms with E-state index in [-0.39, 0.29) is 6.09 Å². The van der Waals surface area contributed by atoms with Gasteiger partial charge in [0.1, 0.15) is 10.5 Å². The molecule has 1 fully saturated rings. The molecular formula is C15H22N2O4S. The molecule has 1 N–H and O–H groups in total. The zero-order valence-corrected chi connectivity index (χ0v) is 14.0. The lowest BCUT2D eigenvalue weighted by Gasteiger charge is -2.35. The van der Waals surface area contributed by atoms with Gasteiger partial charge in [0, 0.05) is 32.7 Å². The number of carboxylic acids is 1. The van der Waals surface area contributed by atoms with Gasteiger partial charge in [0.25, 0.3) is 0 Å². The minimum absolute atomic E-state index is 0.283. The van der Waals surface area contributed by atoms with Crippen molar-refractivity contribution in [2.45, 2.75) is 32.9 Å². The summed E-state index contributed by atoms with van der Waals surface area (Å²) in [6.07, 6.45) is -0.283. The first-order valence-corrected chi connectivity index (χ1v) is 8.14. The first kappa shape index (κ1) is 16.8. The smallest absolute Gasteiger partial charge is 0.410 e. The predicted molar refractivity (Wildman–Crippen MR) is 84.4 cm³/mol. The van der Waals surface area contributed by atoms with Crippen LogP contribution in [0.1, 0.15) is 36.0 Å². The molecule has 0 atom stereocenters. The molecule has 1 aliphatic heterocycles. The minimum Gasteiger partial charge on any atom is -0.477 e. The number of hydrogen-bond acceptors (Lipinski definition) is 5. The molecule has 0 unspecified atom stereocenters. The van der Waals surface area contributed by atoms with Crippen LogP contribution in [0.3, 0.4) is 0 Å². The third-order valence-electron chi connectivity index (χ3n) is 3.36. The quantitative estimate of drug-likeness (QED) is 0.924. The average molecular weight is 326 g/mol. The topological polar surface area (TPSA) is 70.1 Å². The maximum atomic E-state index is 12.0. The number of amides is 1. The Labute approximate surface area is 134 Å². The molecule has 1 aliphatic rings. The van der Waals surface area contributed by atoms with Crippen LogP contribution in [-0.4, -0.2) is 58.7 Å². The minimum atomic E-state index is -0.877. The molecule has 0 saturated carbocycles. The van der Waals surface area contributed by atoms with Crippen LogP contribution >= 0.6 is 11.3 Å². The lowest BCUT2D eigenvalue weighted by Crippen LogP contribution is -2.49. The van der Waals surface area contributed by atoms with Crippen LogP contribution in [0.4, 0.5) is 4.79 Å². The van der Waals surface area contributed by atoms with Crippen LogP contribution in [0.2, 0.25) is 0 Å². The zero-order valence-electron chi connectivity index (χ0n) is 13.2. The molecule has 1 aromatic rings. The maximum Gasteiger partial charge on any atom is 0.410 e. The Kier molecular flexibility index (Phi) is 5.08. The fourth-order valence-electron chi connectivity index (χ4n) is 2.30. The molecule has 6 nitrogen and oxygen atoms in total. The molecular weight excluding hydrogens is 304 g/mol. The molecule has 0 aliphatic carbocycles. The summed E-state index contributed by atoms with van der Waals surface area (Å²) in [4.78, 5) is 27.4. The monoisotopic (exact) mass is 326 g/mol. The van der Waals surface area contributed by atoms with E-state index >= 15 is 0 Å². The van der Waals surface area contributed by atoms with Gasteiger partial charge in [-0.2, -0.15) is 0 Å². The van der Waals surface area contributed by atoms with Crippen molar-refractivity contribution in [3.63, 3.8) is 0 Å². The van der Waals surface area contributed by atoms with Crippen molar-refractivity contribution in [1.82, 2.24) is 9.80 Å². The second-order valence-corrected chi connectivity index (χ2v) is 7.24. The summed E-state index contributed by atoms with van der Waals surface area (Å²) in [5.41, 5.74) is 0.351. The molecule has 0 spiro atoms. The molecule has 22 heavy (non-hydrogen) atoms. The lowest BCUT2D eigenvalue weighted by atomic mass is 10.2. The Morgan fingerprint density at radius 3 is 2.45 bits per heavy atom. The van der Waals surface area contributed by atoms with Crippen molar-refractivity contribution in [2.75, 3.05) is 26.2 Å². The van der Waals surface area contributed by atoms with Crippen LogP contribution < -0.4 is 0 Å². The summed E-state index contributed by atoms with van der Waals surface area (Å²) < 4.78 is 5.36. The second-order valence-electron chi connectivity index (χ2n) is 6.32. The first-order chi connectivity index (χ1) is 10.3. The van der Waals surface area contributed by atoms with Crippen molar-refractivity contribution in [3.8, 4) is 0 Å². The Morgan fingerprint density at radius 1 is 1.27 bits per heavy atom. The molecule has 0 bridgehead atoms. The van der Waals surface area contributed by atoms with E-state index in [0.717, 1.165) is 5.56 Å². The normalized spacial score (nSPS) is 16.6. The molecule has 1 aromatic heterocycles. The van der Waals surface area contributed by atoms with Crippen LogP contribution in [0.25, 0.3) is 0 Å². The Bertz CT molecular complexity index is 542. The number of thiophene rings is 1. The standard InChI is InChI=1S/C15H22N2O4S/c1-15(2,3)21-14(20)17-7-5-16(6-8-17)10-11-4-9-22-12(11)13(18)19/h4,9H,5-8,10H2,1-3H3,(H,18,19). The summed E-state index contributed by atoms with van der Waals surface area (Å²) in [5.74, 6) is -0.877. The summed E-state index contributed by atoms with van der Waals surface area (Å²) in [6, 6.07) is 1.86.